The summed E-state index contributed by atoms with van der Waals surface area (Å²) in [5.41, 5.74) is 5.91. The molecule has 4 rings (SSSR count). The number of rotatable bonds is 1. The van der Waals surface area contributed by atoms with Gasteiger partial charge in [-0.05, 0) is 79.8 Å². The second-order valence-corrected chi connectivity index (χ2v) is 9.71. The second-order valence-electron chi connectivity index (χ2n) is 9.29. The number of nitrogens with zero attached hydrogens (tertiary/aromatic N) is 1. The summed E-state index contributed by atoms with van der Waals surface area (Å²) in [6, 6.07) is 0.0676. The van der Waals surface area contributed by atoms with Crippen LogP contribution in [0.15, 0.2) is 12.2 Å². The SMILES string of the molecule is C[C@@]12C(CC=CC1N(N)C(N)=S)CC[C@@H]1[C@H]2CC[C@]2(C)C(=O)CC[C@@H]12. The Bertz CT molecular complexity index is 634. The summed E-state index contributed by atoms with van der Waals surface area (Å²) in [6.07, 6.45) is 12.1. The summed E-state index contributed by atoms with van der Waals surface area (Å²) in [5.74, 6) is 9.25. The number of allylic oxidation sites excluding steroid dienone is 1. The lowest BCUT2D eigenvalue weighted by molar-refractivity contribution is -0.140. The van der Waals surface area contributed by atoms with Gasteiger partial charge in [-0.2, -0.15) is 0 Å². The van der Waals surface area contributed by atoms with Crippen LogP contribution in [0.2, 0.25) is 0 Å². The number of nitrogens with two attached hydrogens (primary N) is 2. The number of carbonyl (C=O) groups excluding carboxylic acids is 1. The van der Waals surface area contributed by atoms with Crippen LogP contribution in [0.3, 0.4) is 0 Å². The number of thiocarbonyl (C=S) groups is 1. The van der Waals surface area contributed by atoms with Gasteiger partial charge < -0.3 is 5.73 Å². The molecule has 4 nitrogen and oxygen atoms in total. The Morgan fingerprint density at radius 2 is 2.00 bits per heavy atom. The molecule has 0 aromatic heterocycles. The molecule has 0 spiro atoms. The Morgan fingerprint density at radius 1 is 1.24 bits per heavy atom. The Kier molecular flexibility index (Phi) is 4.04. The van der Waals surface area contributed by atoms with Gasteiger partial charge in [0.25, 0.3) is 0 Å². The van der Waals surface area contributed by atoms with Crippen molar-refractivity contribution >= 4 is 23.1 Å². The fourth-order valence-corrected chi connectivity index (χ4v) is 7.30. The van der Waals surface area contributed by atoms with Gasteiger partial charge in [-0.3, -0.25) is 9.80 Å². The van der Waals surface area contributed by atoms with Gasteiger partial charge in [-0.1, -0.05) is 26.0 Å². The lowest BCUT2D eigenvalue weighted by Gasteiger charge is -2.61. The van der Waals surface area contributed by atoms with Gasteiger partial charge in [0.1, 0.15) is 5.78 Å². The summed E-state index contributed by atoms with van der Waals surface area (Å²) >= 11 is 5.20. The maximum atomic E-state index is 12.6. The first kappa shape index (κ1) is 17.5. The van der Waals surface area contributed by atoms with Crippen LogP contribution < -0.4 is 11.6 Å². The first-order valence-corrected chi connectivity index (χ1v) is 10.2. The zero-order valence-electron chi connectivity index (χ0n) is 15.4. The largest absolute Gasteiger partial charge is 0.375 e. The van der Waals surface area contributed by atoms with E-state index in [-0.39, 0.29) is 22.0 Å². The molecule has 7 atom stereocenters. The number of carbonyl (C=O) groups is 1. The molecule has 2 unspecified atom stereocenters. The Morgan fingerprint density at radius 3 is 2.72 bits per heavy atom. The first-order valence-electron chi connectivity index (χ1n) is 9.83. The highest BCUT2D eigenvalue weighted by molar-refractivity contribution is 7.80. The fourth-order valence-electron chi connectivity index (χ4n) is 7.18. The number of hydrogen-bond acceptors (Lipinski definition) is 3. The highest BCUT2D eigenvalue weighted by Gasteiger charge is 2.61. The molecule has 3 fully saturated rings. The number of hydrazine groups is 1. The van der Waals surface area contributed by atoms with Crippen molar-refractivity contribution in [2.24, 2.45) is 46.1 Å². The average molecular weight is 362 g/mol. The van der Waals surface area contributed by atoms with Gasteiger partial charge in [-0.25, -0.2) is 5.84 Å². The molecule has 0 amide bonds. The van der Waals surface area contributed by atoms with Gasteiger partial charge in [0.15, 0.2) is 5.11 Å². The molecule has 0 bridgehead atoms. The number of hydrogen-bond donors (Lipinski definition) is 2. The Labute approximate surface area is 156 Å². The van der Waals surface area contributed by atoms with Crippen LogP contribution in [0.25, 0.3) is 0 Å². The molecule has 3 saturated carbocycles. The summed E-state index contributed by atoms with van der Waals surface area (Å²) in [6.45, 7) is 4.65. The molecule has 0 heterocycles. The van der Waals surface area contributed by atoms with Crippen molar-refractivity contribution < 1.29 is 4.79 Å². The Hall–Kier alpha value is -0.940. The third-order valence-corrected chi connectivity index (χ3v) is 8.81. The first-order chi connectivity index (χ1) is 11.8. The van der Waals surface area contributed by atoms with Gasteiger partial charge in [0.05, 0.1) is 6.04 Å². The van der Waals surface area contributed by atoms with E-state index in [0.717, 1.165) is 32.1 Å². The van der Waals surface area contributed by atoms with Crippen LogP contribution in [0.4, 0.5) is 0 Å². The molecule has 4 N–H and O–H groups in total. The predicted octanol–water partition coefficient (Wildman–Crippen LogP) is 3.16. The van der Waals surface area contributed by atoms with Crippen molar-refractivity contribution in [2.45, 2.75) is 64.8 Å². The zero-order valence-corrected chi connectivity index (χ0v) is 16.2. The van der Waals surface area contributed by atoms with E-state index in [0.29, 0.717) is 29.5 Å². The van der Waals surface area contributed by atoms with E-state index in [9.17, 15) is 4.79 Å². The van der Waals surface area contributed by atoms with Gasteiger partial charge in [-0.15, -0.1) is 0 Å². The third-order valence-electron chi connectivity index (χ3n) is 8.60. The minimum absolute atomic E-state index is 0.0676. The van der Waals surface area contributed by atoms with E-state index in [2.05, 4.69) is 26.0 Å². The van der Waals surface area contributed by atoms with E-state index in [1.165, 1.54) is 12.8 Å². The number of ketones is 1. The van der Waals surface area contributed by atoms with Gasteiger partial charge >= 0.3 is 0 Å². The van der Waals surface area contributed by atoms with E-state index < -0.39 is 0 Å². The van der Waals surface area contributed by atoms with Crippen molar-refractivity contribution in [3.63, 3.8) is 0 Å². The van der Waals surface area contributed by atoms with Crippen molar-refractivity contribution in [1.82, 2.24) is 5.01 Å². The summed E-state index contributed by atoms with van der Waals surface area (Å²) in [5, 5.41) is 1.89. The normalized spacial score (nSPS) is 48.4. The quantitative estimate of drug-likeness (QED) is 0.325. The molecule has 25 heavy (non-hydrogen) atoms. The topological polar surface area (TPSA) is 72.3 Å². The third kappa shape index (κ3) is 2.27. The standard InChI is InChI=1S/C20H31N3OS/c1-19-11-10-15-13(14(19)8-9-17(19)24)7-6-12-4-3-5-16(20(12,15)2)23(22)18(21)25/h3,5,12-16H,4,6-11,22H2,1-2H3,(H2,21,25)/t12?,13-,14-,15+,16?,19-,20-/m0/s1. The molecular weight excluding hydrogens is 330 g/mol. The zero-order chi connectivity index (χ0) is 18.0. The Balaban J connectivity index is 1.72. The van der Waals surface area contributed by atoms with Crippen molar-refractivity contribution in [2.75, 3.05) is 0 Å². The monoisotopic (exact) mass is 361 g/mol. The molecule has 138 valence electrons. The molecular formula is C20H31N3OS. The van der Waals surface area contributed by atoms with E-state index in [1.54, 1.807) is 5.01 Å². The van der Waals surface area contributed by atoms with E-state index >= 15 is 0 Å². The molecule has 4 aliphatic rings. The number of fused-ring (bicyclic) bond motifs is 5. The van der Waals surface area contributed by atoms with Crippen molar-refractivity contribution in [1.29, 1.82) is 0 Å². The highest BCUT2D eigenvalue weighted by atomic mass is 32.1. The van der Waals surface area contributed by atoms with Crippen LogP contribution in [0, 0.1) is 34.5 Å². The summed E-state index contributed by atoms with van der Waals surface area (Å²) in [7, 11) is 0. The molecule has 0 aromatic carbocycles. The smallest absolute Gasteiger partial charge is 0.181 e. The van der Waals surface area contributed by atoms with Crippen LogP contribution in [0.1, 0.15) is 58.8 Å². The van der Waals surface area contributed by atoms with E-state index in [1.807, 2.05) is 0 Å². The van der Waals surface area contributed by atoms with E-state index in [4.69, 9.17) is 23.8 Å². The molecule has 4 aliphatic carbocycles. The predicted molar refractivity (Wildman–Crippen MR) is 103 cm³/mol. The van der Waals surface area contributed by atoms with Crippen LogP contribution in [0.5, 0.6) is 0 Å². The van der Waals surface area contributed by atoms with Gasteiger partial charge in [0.2, 0.25) is 0 Å². The fraction of sp³-hybridized carbons (Fsp3) is 0.800. The summed E-state index contributed by atoms with van der Waals surface area (Å²) in [4.78, 5) is 12.6. The van der Waals surface area contributed by atoms with Crippen LogP contribution in [-0.4, -0.2) is 21.9 Å². The van der Waals surface area contributed by atoms with Crippen molar-refractivity contribution in [3.05, 3.63) is 12.2 Å². The van der Waals surface area contributed by atoms with Gasteiger partial charge in [0, 0.05) is 11.8 Å². The lowest BCUT2D eigenvalue weighted by Crippen LogP contribution is -2.63. The molecule has 0 aliphatic heterocycles. The van der Waals surface area contributed by atoms with Crippen LogP contribution in [-0.2, 0) is 4.79 Å². The average Bonchev–Trinajstić information content (AvgIpc) is 2.88. The molecule has 0 saturated heterocycles. The van der Waals surface area contributed by atoms with Crippen LogP contribution >= 0.6 is 12.2 Å². The maximum Gasteiger partial charge on any atom is 0.181 e. The minimum Gasteiger partial charge on any atom is -0.375 e. The minimum atomic E-state index is -0.0735. The van der Waals surface area contributed by atoms with Crippen molar-refractivity contribution in [3.8, 4) is 0 Å². The molecule has 5 heteroatoms. The molecule has 0 radical (unpaired) electrons. The number of Topliss-reactive ketones (excluding diaryl/α,β-unsaturated/α-hetero) is 1. The molecule has 0 aromatic rings. The highest BCUT2D eigenvalue weighted by Crippen LogP contribution is 2.65. The lowest BCUT2D eigenvalue weighted by atomic mass is 9.45. The maximum absolute atomic E-state index is 12.6. The second kappa shape index (κ2) is 5.78. The summed E-state index contributed by atoms with van der Waals surface area (Å²) < 4.78 is 0.